The zero-order valence-electron chi connectivity index (χ0n) is 10.2. The summed E-state index contributed by atoms with van der Waals surface area (Å²) in [6, 6.07) is 11.3. The summed E-state index contributed by atoms with van der Waals surface area (Å²) in [5.74, 6) is -0.129. The molecule has 2 aromatic rings. The molecular formula is C14H12Br2N2O. The molecule has 1 N–H and O–H groups in total. The number of amides is 1. The van der Waals surface area contributed by atoms with Crippen molar-refractivity contribution in [2.75, 3.05) is 0 Å². The van der Waals surface area contributed by atoms with Gasteiger partial charge in [-0.05, 0) is 52.7 Å². The summed E-state index contributed by atoms with van der Waals surface area (Å²) in [4.78, 5) is 16.1. The monoisotopic (exact) mass is 382 g/mol. The topological polar surface area (TPSA) is 42.0 Å². The molecule has 1 aromatic heterocycles. The van der Waals surface area contributed by atoms with Gasteiger partial charge in [0.15, 0.2) is 0 Å². The Morgan fingerprint density at radius 3 is 2.42 bits per heavy atom. The predicted molar refractivity (Wildman–Crippen MR) is 82.0 cm³/mol. The van der Waals surface area contributed by atoms with Gasteiger partial charge in [0.2, 0.25) is 0 Å². The van der Waals surface area contributed by atoms with Crippen LogP contribution in [0.25, 0.3) is 0 Å². The van der Waals surface area contributed by atoms with Gasteiger partial charge in [-0.3, -0.25) is 4.79 Å². The third-order valence-corrected chi connectivity index (χ3v) is 3.70. The molecule has 0 aliphatic rings. The number of carbonyl (C=O) groups excluding carboxylic acids is 1. The maximum Gasteiger partial charge on any atom is 0.253 e. The van der Waals surface area contributed by atoms with Crippen molar-refractivity contribution in [2.45, 2.75) is 13.0 Å². The number of aromatic nitrogens is 1. The summed E-state index contributed by atoms with van der Waals surface area (Å²) in [5, 5.41) is 2.94. The highest BCUT2D eigenvalue weighted by atomic mass is 79.9. The molecule has 98 valence electrons. The highest BCUT2D eigenvalue weighted by Gasteiger charge is 2.11. The number of nitrogens with one attached hydrogen (secondary N) is 1. The van der Waals surface area contributed by atoms with Gasteiger partial charge in [0.05, 0.1) is 11.6 Å². The Bertz CT molecular complexity index is 567. The zero-order valence-corrected chi connectivity index (χ0v) is 13.4. The number of hydrogen-bond acceptors (Lipinski definition) is 2. The van der Waals surface area contributed by atoms with E-state index in [9.17, 15) is 4.79 Å². The third kappa shape index (κ3) is 3.88. The first-order valence-electron chi connectivity index (χ1n) is 5.74. The smallest absolute Gasteiger partial charge is 0.253 e. The first kappa shape index (κ1) is 14.2. The molecule has 0 aliphatic carbocycles. The number of halogens is 2. The van der Waals surface area contributed by atoms with E-state index in [0.717, 1.165) is 10.0 Å². The Morgan fingerprint density at radius 1 is 1.16 bits per heavy atom. The minimum atomic E-state index is -0.129. The second kappa shape index (κ2) is 6.30. The van der Waals surface area contributed by atoms with E-state index in [2.05, 4.69) is 42.2 Å². The highest BCUT2D eigenvalue weighted by molar-refractivity contribution is 9.10. The normalized spacial score (nSPS) is 11.9. The van der Waals surface area contributed by atoms with Crippen molar-refractivity contribution in [3.8, 4) is 0 Å². The van der Waals surface area contributed by atoms with Gasteiger partial charge >= 0.3 is 0 Å². The Kier molecular flexibility index (Phi) is 4.71. The first-order chi connectivity index (χ1) is 9.06. The van der Waals surface area contributed by atoms with E-state index in [4.69, 9.17) is 0 Å². The van der Waals surface area contributed by atoms with Crippen LogP contribution in [-0.4, -0.2) is 10.9 Å². The van der Waals surface area contributed by atoms with Crippen LogP contribution in [0.2, 0.25) is 0 Å². The van der Waals surface area contributed by atoms with Crippen molar-refractivity contribution in [2.24, 2.45) is 0 Å². The number of nitrogens with zero attached hydrogens (tertiary/aromatic N) is 1. The van der Waals surface area contributed by atoms with E-state index in [-0.39, 0.29) is 11.9 Å². The number of carbonyl (C=O) groups is 1. The fourth-order valence-electron chi connectivity index (χ4n) is 1.62. The van der Waals surface area contributed by atoms with E-state index in [1.165, 1.54) is 0 Å². The molecule has 0 fully saturated rings. The molecule has 0 saturated carbocycles. The van der Waals surface area contributed by atoms with Crippen LogP contribution in [0.5, 0.6) is 0 Å². The van der Waals surface area contributed by atoms with Crippen molar-refractivity contribution < 1.29 is 4.79 Å². The summed E-state index contributed by atoms with van der Waals surface area (Å²) in [6.45, 7) is 1.95. The first-order valence-corrected chi connectivity index (χ1v) is 7.33. The van der Waals surface area contributed by atoms with E-state index in [1.54, 1.807) is 18.3 Å². The van der Waals surface area contributed by atoms with E-state index < -0.39 is 0 Å². The fraction of sp³-hybridized carbons (Fsp3) is 0.143. The molecule has 1 aromatic carbocycles. The predicted octanol–water partition coefficient (Wildman–Crippen LogP) is 4.10. The van der Waals surface area contributed by atoms with Crippen LogP contribution < -0.4 is 5.32 Å². The Balaban J connectivity index is 2.06. The zero-order chi connectivity index (χ0) is 13.8. The Hall–Kier alpha value is -1.20. The molecule has 2 rings (SSSR count). The number of benzene rings is 1. The number of pyridine rings is 1. The van der Waals surface area contributed by atoms with Crippen molar-refractivity contribution in [3.63, 3.8) is 0 Å². The average Bonchev–Trinajstić information content (AvgIpc) is 2.40. The molecule has 0 saturated heterocycles. The molecule has 1 atom stereocenters. The van der Waals surface area contributed by atoms with Gasteiger partial charge in [-0.15, -0.1) is 0 Å². The van der Waals surface area contributed by atoms with Crippen molar-refractivity contribution in [3.05, 3.63) is 62.8 Å². The van der Waals surface area contributed by atoms with E-state index >= 15 is 0 Å². The van der Waals surface area contributed by atoms with Gasteiger partial charge in [0, 0.05) is 10.7 Å². The molecular weight excluding hydrogens is 372 g/mol. The van der Waals surface area contributed by atoms with Crippen LogP contribution in [0, 0.1) is 0 Å². The maximum atomic E-state index is 12.0. The van der Waals surface area contributed by atoms with Crippen molar-refractivity contribution in [1.29, 1.82) is 0 Å². The summed E-state index contributed by atoms with van der Waals surface area (Å²) in [5.41, 5.74) is 1.61. The lowest BCUT2D eigenvalue weighted by Crippen LogP contribution is -2.26. The second-order valence-electron chi connectivity index (χ2n) is 4.12. The van der Waals surface area contributed by atoms with E-state index in [0.29, 0.717) is 10.2 Å². The maximum absolute atomic E-state index is 12.0. The van der Waals surface area contributed by atoms with Gasteiger partial charge in [-0.1, -0.05) is 28.1 Å². The molecule has 0 radical (unpaired) electrons. The van der Waals surface area contributed by atoms with Gasteiger partial charge in [0.25, 0.3) is 5.91 Å². The number of rotatable bonds is 3. The molecule has 0 aliphatic heterocycles. The lowest BCUT2D eigenvalue weighted by Gasteiger charge is -2.14. The molecule has 0 spiro atoms. The van der Waals surface area contributed by atoms with Crippen LogP contribution in [-0.2, 0) is 0 Å². The lowest BCUT2D eigenvalue weighted by atomic mass is 10.1. The SMILES string of the molecule is C[C@H](NC(=O)c1ccc(Br)nc1)c1ccc(Br)cc1. The molecule has 1 heterocycles. The minimum Gasteiger partial charge on any atom is -0.345 e. The van der Waals surface area contributed by atoms with E-state index in [1.807, 2.05) is 31.2 Å². The molecule has 1 amide bonds. The third-order valence-electron chi connectivity index (χ3n) is 2.71. The van der Waals surface area contributed by atoms with Crippen molar-refractivity contribution in [1.82, 2.24) is 10.3 Å². The molecule has 5 heteroatoms. The standard InChI is InChI=1S/C14H12Br2N2O/c1-9(10-2-5-12(15)6-3-10)18-14(19)11-4-7-13(16)17-8-11/h2-9H,1H3,(H,18,19)/t9-/m0/s1. The minimum absolute atomic E-state index is 0.0516. The van der Waals surface area contributed by atoms with Gasteiger partial charge in [-0.2, -0.15) is 0 Å². The van der Waals surface area contributed by atoms with Crippen LogP contribution in [0.15, 0.2) is 51.7 Å². The van der Waals surface area contributed by atoms with Crippen LogP contribution in [0.1, 0.15) is 28.9 Å². The van der Waals surface area contributed by atoms with Crippen LogP contribution >= 0.6 is 31.9 Å². The Labute approximate surface area is 128 Å². The number of hydrogen-bond donors (Lipinski definition) is 1. The van der Waals surface area contributed by atoms with Gasteiger partial charge in [0.1, 0.15) is 4.60 Å². The quantitative estimate of drug-likeness (QED) is 0.810. The Morgan fingerprint density at radius 2 is 1.84 bits per heavy atom. The fourth-order valence-corrected chi connectivity index (χ4v) is 2.12. The van der Waals surface area contributed by atoms with Gasteiger partial charge in [-0.25, -0.2) is 4.98 Å². The van der Waals surface area contributed by atoms with Crippen LogP contribution in [0.4, 0.5) is 0 Å². The summed E-state index contributed by atoms with van der Waals surface area (Å²) < 4.78 is 1.73. The van der Waals surface area contributed by atoms with Crippen molar-refractivity contribution >= 4 is 37.8 Å². The van der Waals surface area contributed by atoms with Crippen LogP contribution in [0.3, 0.4) is 0 Å². The summed E-state index contributed by atoms with van der Waals surface area (Å²) in [6.07, 6.45) is 1.55. The molecule has 0 unspecified atom stereocenters. The highest BCUT2D eigenvalue weighted by Crippen LogP contribution is 2.17. The summed E-state index contributed by atoms with van der Waals surface area (Å²) >= 11 is 6.63. The molecule has 3 nitrogen and oxygen atoms in total. The lowest BCUT2D eigenvalue weighted by molar-refractivity contribution is 0.0939. The molecule has 0 bridgehead atoms. The molecule has 19 heavy (non-hydrogen) atoms. The second-order valence-corrected chi connectivity index (χ2v) is 5.84. The average molecular weight is 384 g/mol. The largest absolute Gasteiger partial charge is 0.345 e. The summed E-state index contributed by atoms with van der Waals surface area (Å²) in [7, 11) is 0. The van der Waals surface area contributed by atoms with Gasteiger partial charge < -0.3 is 5.32 Å².